The molecule has 0 unspecified atom stereocenters. The van der Waals surface area contributed by atoms with Gasteiger partial charge >= 0.3 is 0 Å². The Bertz CT molecular complexity index is 226. The fraction of sp³-hybridized carbons (Fsp3) is 0.636. The fourth-order valence-corrected chi connectivity index (χ4v) is 2.39. The van der Waals surface area contributed by atoms with E-state index in [0.29, 0.717) is 0 Å². The summed E-state index contributed by atoms with van der Waals surface area (Å²) >= 11 is 1.84. The largest absolute Gasteiger partial charge is 0.312 e. The molecule has 2 rings (SSSR count). The van der Waals surface area contributed by atoms with Gasteiger partial charge in [-0.3, -0.25) is 0 Å². The average molecular weight is 195 g/mol. The SMILES string of the molecule is c1csc(CNCCC2CCC2)c1. The maximum atomic E-state index is 3.50. The number of hydrogen-bond acceptors (Lipinski definition) is 2. The average Bonchev–Trinajstić information content (AvgIpc) is 2.53. The van der Waals surface area contributed by atoms with Crippen LogP contribution in [-0.4, -0.2) is 6.54 Å². The predicted molar refractivity (Wildman–Crippen MR) is 58.0 cm³/mol. The van der Waals surface area contributed by atoms with E-state index in [2.05, 4.69) is 22.8 Å². The van der Waals surface area contributed by atoms with E-state index in [1.54, 1.807) is 0 Å². The van der Waals surface area contributed by atoms with Gasteiger partial charge in [0.1, 0.15) is 0 Å². The van der Waals surface area contributed by atoms with Gasteiger partial charge < -0.3 is 5.32 Å². The lowest BCUT2D eigenvalue weighted by Gasteiger charge is -2.25. The number of hydrogen-bond donors (Lipinski definition) is 1. The molecule has 1 N–H and O–H groups in total. The molecule has 0 atom stereocenters. The minimum atomic E-state index is 1.04. The Labute approximate surface area is 84.2 Å². The first-order chi connectivity index (χ1) is 6.45. The van der Waals surface area contributed by atoms with Crippen molar-refractivity contribution >= 4 is 11.3 Å². The molecule has 0 aliphatic heterocycles. The molecular weight excluding hydrogens is 178 g/mol. The molecule has 1 aromatic heterocycles. The van der Waals surface area contributed by atoms with Crippen LogP contribution in [0.4, 0.5) is 0 Å². The summed E-state index contributed by atoms with van der Waals surface area (Å²) in [6, 6.07) is 4.31. The Hall–Kier alpha value is -0.340. The Morgan fingerprint density at radius 2 is 2.38 bits per heavy atom. The first-order valence-corrected chi connectivity index (χ1v) is 6.06. The van der Waals surface area contributed by atoms with Crippen molar-refractivity contribution in [3.8, 4) is 0 Å². The highest BCUT2D eigenvalue weighted by atomic mass is 32.1. The lowest BCUT2D eigenvalue weighted by atomic mass is 9.83. The van der Waals surface area contributed by atoms with Crippen molar-refractivity contribution in [2.75, 3.05) is 6.54 Å². The molecule has 1 nitrogen and oxygen atoms in total. The molecule has 0 spiro atoms. The van der Waals surface area contributed by atoms with Gasteiger partial charge in [0.2, 0.25) is 0 Å². The number of thiophene rings is 1. The van der Waals surface area contributed by atoms with Gasteiger partial charge in [-0.15, -0.1) is 11.3 Å². The van der Waals surface area contributed by atoms with Crippen LogP contribution in [0.15, 0.2) is 17.5 Å². The molecule has 1 saturated carbocycles. The first-order valence-electron chi connectivity index (χ1n) is 5.18. The number of rotatable bonds is 5. The number of nitrogens with one attached hydrogen (secondary N) is 1. The molecule has 0 radical (unpaired) electrons. The van der Waals surface area contributed by atoms with Gasteiger partial charge in [0.25, 0.3) is 0 Å². The van der Waals surface area contributed by atoms with Crippen molar-refractivity contribution in [3.63, 3.8) is 0 Å². The molecule has 2 heteroatoms. The summed E-state index contributed by atoms with van der Waals surface area (Å²) in [6.07, 6.45) is 5.79. The van der Waals surface area contributed by atoms with Crippen molar-refractivity contribution in [2.24, 2.45) is 5.92 Å². The molecule has 1 fully saturated rings. The Balaban J connectivity index is 1.53. The quantitative estimate of drug-likeness (QED) is 0.712. The van der Waals surface area contributed by atoms with Crippen LogP contribution in [0.3, 0.4) is 0 Å². The molecule has 0 aromatic carbocycles. The molecule has 13 heavy (non-hydrogen) atoms. The van der Waals surface area contributed by atoms with Gasteiger partial charge in [-0.05, 0) is 30.3 Å². The standard InChI is InChI=1S/C11H17NS/c1-3-10(4-1)6-7-12-9-11-5-2-8-13-11/h2,5,8,10,12H,1,3-4,6-7,9H2. The van der Waals surface area contributed by atoms with E-state index in [-0.39, 0.29) is 0 Å². The molecule has 1 aromatic rings. The summed E-state index contributed by atoms with van der Waals surface area (Å²) in [5.41, 5.74) is 0. The lowest BCUT2D eigenvalue weighted by Crippen LogP contribution is -2.20. The third-order valence-electron chi connectivity index (χ3n) is 2.83. The first kappa shape index (κ1) is 9.22. The summed E-state index contributed by atoms with van der Waals surface area (Å²) in [6.45, 7) is 2.26. The third kappa shape index (κ3) is 2.82. The summed E-state index contributed by atoms with van der Waals surface area (Å²) in [5.74, 6) is 1.04. The molecule has 72 valence electrons. The maximum Gasteiger partial charge on any atom is 0.0299 e. The Morgan fingerprint density at radius 1 is 1.46 bits per heavy atom. The van der Waals surface area contributed by atoms with Crippen molar-refractivity contribution in [2.45, 2.75) is 32.2 Å². The van der Waals surface area contributed by atoms with Crippen molar-refractivity contribution in [3.05, 3.63) is 22.4 Å². The van der Waals surface area contributed by atoms with Gasteiger partial charge in [0, 0.05) is 11.4 Å². The van der Waals surface area contributed by atoms with Crippen molar-refractivity contribution in [1.82, 2.24) is 5.32 Å². The van der Waals surface area contributed by atoms with Crippen LogP contribution in [0, 0.1) is 5.92 Å². The monoisotopic (exact) mass is 195 g/mol. The van der Waals surface area contributed by atoms with Crippen molar-refractivity contribution in [1.29, 1.82) is 0 Å². The van der Waals surface area contributed by atoms with Crippen LogP contribution in [0.25, 0.3) is 0 Å². The van der Waals surface area contributed by atoms with Crippen molar-refractivity contribution < 1.29 is 0 Å². The van der Waals surface area contributed by atoms with E-state index >= 15 is 0 Å². The predicted octanol–water partition coefficient (Wildman–Crippen LogP) is 3.03. The van der Waals surface area contributed by atoms with E-state index < -0.39 is 0 Å². The Morgan fingerprint density at radius 3 is 3.00 bits per heavy atom. The summed E-state index contributed by atoms with van der Waals surface area (Å²) < 4.78 is 0. The minimum Gasteiger partial charge on any atom is -0.312 e. The van der Waals surface area contributed by atoms with Gasteiger partial charge in [-0.2, -0.15) is 0 Å². The molecule has 0 bridgehead atoms. The van der Waals surface area contributed by atoms with E-state index in [4.69, 9.17) is 0 Å². The normalized spacial score (nSPS) is 17.2. The zero-order valence-corrected chi connectivity index (χ0v) is 8.78. The van der Waals surface area contributed by atoms with Gasteiger partial charge in [0.05, 0.1) is 0 Å². The van der Waals surface area contributed by atoms with E-state index in [9.17, 15) is 0 Å². The van der Waals surface area contributed by atoms with Crippen LogP contribution in [0.1, 0.15) is 30.6 Å². The van der Waals surface area contributed by atoms with Gasteiger partial charge in [-0.1, -0.05) is 25.3 Å². The second-order valence-electron chi connectivity index (χ2n) is 3.84. The zero-order chi connectivity index (χ0) is 8.93. The molecule has 1 heterocycles. The van der Waals surface area contributed by atoms with Gasteiger partial charge in [-0.25, -0.2) is 0 Å². The van der Waals surface area contributed by atoms with Crippen LogP contribution >= 0.6 is 11.3 Å². The molecule has 0 amide bonds. The van der Waals surface area contributed by atoms with E-state index in [1.807, 2.05) is 11.3 Å². The molecule has 0 saturated heterocycles. The van der Waals surface area contributed by atoms with Gasteiger partial charge in [0.15, 0.2) is 0 Å². The second-order valence-corrected chi connectivity index (χ2v) is 4.87. The van der Waals surface area contributed by atoms with Crippen LogP contribution < -0.4 is 5.32 Å². The molecule has 1 aliphatic rings. The highest BCUT2D eigenvalue weighted by Crippen LogP contribution is 2.28. The topological polar surface area (TPSA) is 12.0 Å². The smallest absolute Gasteiger partial charge is 0.0299 e. The molecular formula is C11H17NS. The minimum absolute atomic E-state index is 1.04. The summed E-state index contributed by atoms with van der Waals surface area (Å²) in [4.78, 5) is 1.45. The van der Waals surface area contributed by atoms with E-state index in [1.165, 1.54) is 37.1 Å². The molecule has 1 aliphatic carbocycles. The Kier molecular flexibility index (Phi) is 3.39. The fourth-order valence-electron chi connectivity index (χ4n) is 1.71. The lowest BCUT2D eigenvalue weighted by molar-refractivity contribution is 0.292. The van der Waals surface area contributed by atoms with Crippen LogP contribution in [0.5, 0.6) is 0 Å². The van der Waals surface area contributed by atoms with Crippen LogP contribution in [0.2, 0.25) is 0 Å². The maximum absolute atomic E-state index is 3.50. The summed E-state index contributed by atoms with van der Waals surface area (Å²) in [5, 5.41) is 5.64. The van der Waals surface area contributed by atoms with E-state index in [0.717, 1.165) is 12.5 Å². The second kappa shape index (κ2) is 4.77. The van der Waals surface area contributed by atoms with Crippen LogP contribution in [-0.2, 0) is 6.54 Å². The zero-order valence-electron chi connectivity index (χ0n) is 7.96. The summed E-state index contributed by atoms with van der Waals surface area (Å²) in [7, 11) is 0. The third-order valence-corrected chi connectivity index (χ3v) is 3.71. The highest BCUT2D eigenvalue weighted by molar-refractivity contribution is 7.09. The highest BCUT2D eigenvalue weighted by Gasteiger charge is 2.15.